The number of hydrogen-bond donors (Lipinski definition) is 2. The minimum atomic E-state index is -0.215. The molecule has 0 saturated carbocycles. The van der Waals surface area contributed by atoms with Crippen LogP contribution in [0.3, 0.4) is 0 Å². The van der Waals surface area contributed by atoms with Crippen LogP contribution in [0.4, 0.5) is 4.39 Å². The first-order valence-corrected chi connectivity index (χ1v) is 9.22. The molecule has 2 N–H and O–H groups in total. The Morgan fingerprint density at radius 2 is 1.74 bits per heavy atom. The van der Waals surface area contributed by atoms with Crippen molar-refractivity contribution in [2.75, 3.05) is 26.8 Å². The number of nitrogens with one attached hydrogen (secondary N) is 2. The summed E-state index contributed by atoms with van der Waals surface area (Å²) in [4.78, 5) is 4.62. The van der Waals surface area contributed by atoms with Gasteiger partial charge in [0.2, 0.25) is 0 Å². The van der Waals surface area contributed by atoms with E-state index in [1.165, 1.54) is 12.1 Å². The number of benzene rings is 2. The third-order valence-corrected chi connectivity index (χ3v) is 3.91. The van der Waals surface area contributed by atoms with Crippen LogP contribution >= 0.6 is 0 Å². The van der Waals surface area contributed by atoms with Gasteiger partial charge in [-0.25, -0.2) is 9.38 Å². The van der Waals surface area contributed by atoms with Gasteiger partial charge in [0.05, 0.1) is 20.3 Å². The summed E-state index contributed by atoms with van der Waals surface area (Å²) in [5.74, 6) is 1.97. The zero-order valence-corrected chi connectivity index (χ0v) is 16.2. The molecule has 0 heterocycles. The van der Waals surface area contributed by atoms with E-state index in [2.05, 4.69) is 15.6 Å². The Kier molecular flexibility index (Phi) is 8.42. The van der Waals surface area contributed by atoms with Gasteiger partial charge in [-0.2, -0.15) is 0 Å². The molecule has 0 fully saturated rings. The van der Waals surface area contributed by atoms with Gasteiger partial charge in [-0.1, -0.05) is 18.2 Å². The van der Waals surface area contributed by atoms with Crippen molar-refractivity contribution in [2.45, 2.75) is 26.8 Å². The van der Waals surface area contributed by atoms with Gasteiger partial charge in [0.15, 0.2) is 17.5 Å². The zero-order valence-electron chi connectivity index (χ0n) is 16.2. The van der Waals surface area contributed by atoms with Crippen LogP contribution in [0, 0.1) is 5.82 Å². The van der Waals surface area contributed by atoms with Gasteiger partial charge < -0.3 is 20.1 Å². The molecule has 0 spiro atoms. The fraction of sp³-hybridized carbons (Fsp3) is 0.381. The topological polar surface area (TPSA) is 54.9 Å². The summed E-state index contributed by atoms with van der Waals surface area (Å²) in [6.45, 7) is 6.57. The molecule has 0 aromatic heterocycles. The maximum Gasteiger partial charge on any atom is 0.191 e. The van der Waals surface area contributed by atoms with Gasteiger partial charge in [0, 0.05) is 13.1 Å². The molecule has 0 aliphatic carbocycles. The highest BCUT2D eigenvalue weighted by Gasteiger charge is 2.05. The third-order valence-electron chi connectivity index (χ3n) is 3.91. The number of nitrogens with zero attached hydrogens (tertiary/aromatic N) is 1. The van der Waals surface area contributed by atoms with E-state index in [0.717, 1.165) is 35.8 Å². The number of aliphatic imine (C=N–C) groups is 1. The van der Waals surface area contributed by atoms with Crippen LogP contribution in [0.5, 0.6) is 11.5 Å². The van der Waals surface area contributed by atoms with Gasteiger partial charge in [-0.15, -0.1) is 0 Å². The summed E-state index contributed by atoms with van der Waals surface area (Å²) < 4.78 is 23.9. The molecule has 0 amide bonds. The van der Waals surface area contributed by atoms with E-state index in [9.17, 15) is 4.39 Å². The second kappa shape index (κ2) is 11.1. The van der Waals surface area contributed by atoms with Gasteiger partial charge in [0.25, 0.3) is 0 Å². The third kappa shape index (κ3) is 6.81. The number of methoxy groups -OCH3 is 1. The van der Waals surface area contributed by atoms with Crippen molar-refractivity contribution in [3.05, 3.63) is 59.4 Å². The highest BCUT2D eigenvalue weighted by molar-refractivity contribution is 5.79. The van der Waals surface area contributed by atoms with Crippen LogP contribution in [0.2, 0.25) is 0 Å². The fourth-order valence-electron chi connectivity index (χ4n) is 2.57. The molecule has 2 aromatic rings. The zero-order chi connectivity index (χ0) is 19.5. The Morgan fingerprint density at radius 3 is 2.41 bits per heavy atom. The summed E-state index contributed by atoms with van der Waals surface area (Å²) in [7, 11) is 1.63. The molecule has 0 bridgehead atoms. The molecule has 6 heteroatoms. The molecule has 2 aromatic carbocycles. The van der Waals surface area contributed by atoms with Gasteiger partial charge >= 0.3 is 0 Å². The van der Waals surface area contributed by atoms with E-state index in [4.69, 9.17) is 9.47 Å². The van der Waals surface area contributed by atoms with Crippen molar-refractivity contribution >= 4 is 5.96 Å². The summed E-state index contributed by atoms with van der Waals surface area (Å²) >= 11 is 0. The molecule has 2 rings (SSSR count). The largest absolute Gasteiger partial charge is 0.493 e. The standard InChI is InChI=1S/C21H28FN3O2/c1-4-23-21(24-13-12-16-6-9-18(22)10-7-16)25-15-17-8-11-19(27-5-2)20(14-17)26-3/h6-11,14H,4-5,12-13,15H2,1-3H3,(H2,23,24,25). The SMILES string of the molecule is CCNC(=NCc1ccc(OCC)c(OC)c1)NCCc1ccc(F)cc1. The Labute approximate surface area is 160 Å². The first-order valence-electron chi connectivity index (χ1n) is 9.22. The molecular formula is C21H28FN3O2. The maximum atomic E-state index is 13.0. The van der Waals surface area contributed by atoms with Crippen molar-refractivity contribution in [3.8, 4) is 11.5 Å². The average molecular weight is 373 g/mol. The maximum absolute atomic E-state index is 13.0. The Bertz CT molecular complexity index is 733. The first-order chi connectivity index (χ1) is 13.2. The van der Waals surface area contributed by atoms with Gasteiger partial charge in [0.1, 0.15) is 5.82 Å². The molecule has 0 saturated heterocycles. The molecule has 0 unspecified atom stereocenters. The van der Waals surface area contributed by atoms with E-state index < -0.39 is 0 Å². The van der Waals surface area contributed by atoms with Crippen molar-refractivity contribution in [2.24, 2.45) is 4.99 Å². The Hall–Kier alpha value is -2.76. The number of guanidine groups is 1. The van der Waals surface area contributed by atoms with Crippen LogP contribution in [0.25, 0.3) is 0 Å². The summed E-state index contributed by atoms with van der Waals surface area (Å²) in [6.07, 6.45) is 0.793. The predicted octanol–water partition coefficient (Wildman–Crippen LogP) is 3.53. The molecule has 5 nitrogen and oxygen atoms in total. The van der Waals surface area contributed by atoms with Crippen LogP contribution < -0.4 is 20.1 Å². The Morgan fingerprint density at radius 1 is 1.00 bits per heavy atom. The second-order valence-electron chi connectivity index (χ2n) is 5.92. The molecule has 0 radical (unpaired) electrons. The number of hydrogen-bond acceptors (Lipinski definition) is 3. The minimum absolute atomic E-state index is 0.215. The van der Waals surface area contributed by atoms with E-state index in [-0.39, 0.29) is 5.82 Å². The average Bonchev–Trinajstić information content (AvgIpc) is 2.68. The monoisotopic (exact) mass is 373 g/mol. The highest BCUT2D eigenvalue weighted by Crippen LogP contribution is 2.28. The smallest absolute Gasteiger partial charge is 0.191 e. The molecule has 0 aliphatic rings. The van der Waals surface area contributed by atoms with Crippen LogP contribution in [-0.2, 0) is 13.0 Å². The predicted molar refractivity (Wildman–Crippen MR) is 107 cm³/mol. The molecular weight excluding hydrogens is 345 g/mol. The van der Waals surface area contributed by atoms with Crippen LogP contribution in [-0.4, -0.2) is 32.8 Å². The van der Waals surface area contributed by atoms with Crippen molar-refractivity contribution in [1.29, 1.82) is 0 Å². The minimum Gasteiger partial charge on any atom is -0.493 e. The lowest BCUT2D eigenvalue weighted by molar-refractivity contribution is 0.310. The second-order valence-corrected chi connectivity index (χ2v) is 5.92. The first kappa shape index (κ1) is 20.6. The molecule has 0 atom stereocenters. The van der Waals surface area contributed by atoms with Crippen LogP contribution in [0.1, 0.15) is 25.0 Å². The number of rotatable bonds is 9. The molecule has 27 heavy (non-hydrogen) atoms. The van der Waals surface area contributed by atoms with E-state index in [1.54, 1.807) is 19.2 Å². The van der Waals surface area contributed by atoms with E-state index >= 15 is 0 Å². The lowest BCUT2D eigenvalue weighted by Gasteiger charge is -2.12. The van der Waals surface area contributed by atoms with E-state index in [0.29, 0.717) is 25.4 Å². The quantitative estimate of drug-likeness (QED) is 0.522. The molecule has 146 valence electrons. The number of halogens is 1. The van der Waals surface area contributed by atoms with Gasteiger partial charge in [-0.3, -0.25) is 0 Å². The normalized spacial score (nSPS) is 11.2. The van der Waals surface area contributed by atoms with E-state index in [1.807, 2.05) is 32.0 Å². The molecule has 0 aliphatic heterocycles. The lowest BCUT2D eigenvalue weighted by Crippen LogP contribution is -2.38. The van der Waals surface area contributed by atoms with Crippen LogP contribution in [0.15, 0.2) is 47.5 Å². The lowest BCUT2D eigenvalue weighted by atomic mass is 10.1. The Balaban J connectivity index is 1.94. The highest BCUT2D eigenvalue weighted by atomic mass is 19.1. The van der Waals surface area contributed by atoms with Crippen molar-refractivity contribution in [1.82, 2.24) is 10.6 Å². The van der Waals surface area contributed by atoms with Crippen molar-refractivity contribution in [3.63, 3.8) is 0 Å². The summed E-state index contributed by atoms with van der Waals surface area (Å²) in [5, 5.41) is 6.53. The van der Waals surface area contributed by atoms with Gasteiger partial charge in [-0.05, 0) is 55.7 Å². The van der Waals surface area contributed by atoms with Crippen molar-refractivity contribution < 1.29 is 13.9 Å². The summed E-state index contributed by atoms with van der Waals surface area (Å²) in [6, 6.07) is 12.4. The summed E-state index contributed by atoms with van der Waals surface area (Å²) in [5.41, 5.74) is 2.11. The number of ether oxygens (including phenoxy) is 2. The fourth-order valence-corrected chi connectivity index (χ4v) is 2.57.